The molecular formula is C13H22N2O3S. The Labute approximate surface area is 115 Å². The highest BCUT2D eigenvalue weighted by atomic mass is 32.2. The van der Waals surface area contributed by atoms with Gasteiger partial charge in [-0.05, 0) is 31.6 Å². The molecule has 0 radical (unpaired) electrons. The number of amides is 1. The fourth-order valence-electron chi connectivity index (χ4n) is 2.87. The van der Waals surface area contributed by atoms with Crippen LogP contribution in [-0.2, 0) is 14.8 Å². The average molecular weight is 286 g/mol. The van der Waals surface area contributed by atoms with Crippen LogP contribution < -0.4 is 0 Å². The molecule has 2 heterocycles. The molecule has 3 aliphatic rings. The van der Waals surface area contributed by atoms with Crippen LogP contribution in [0.2, 0.25) is 0 Å². The third-order valence-electron chi connectivity index (χ3n) is 4.60. The van der Waals surface area contributed by atoms with Gasteiger partial charge in [-0.2, -0.15) is 4.31 Å². The van der Waals surface area contributed by atoms with Crippen LogP contribution in [0.25, 0.3) is 0 Å². The van der Waals surface area contributed by atoms with E-state index in [0.717, 1.165) is 38.8 Å². The minimum absolute atomic E-state index is 0.0954. The van der Waals surface area contributed by atoms with E-state index in [1.165, 1.54) is 4.31 Å². The number of sulfonamides is 1. The van der Waals surface area contributed by atoms with Gasteiger partial charge < -0.3 is 4.90 Å². The maximum Gasteiger partial charge on any atom is 0.228 e. The molecule has 0 N–H and O–H groups in total. The molecule has 0 spiro atoms. The van der Waals surface area contributed by atoms with Crippen LogP contribution in [0.1, 0.15) is 32.6 Å². The van der Waals surface area contributed by atoms with Crippen molar-refractivity contribution in [1.29, 1.82) is 0 Å². The second-order valence-corrected chi connectivity index (χ2v) is 8.48. The standard InChI is InChI=1S/C13H22N2O3S/c1-10-4-6-14(7-5-10)13(16)11-8-15(9-11)19(17,18)12-2-3-12/h10-12H,2-9H2,1H3. The van der Waals surface area contributed by atoms with E-state index in [1.54, 1.807) is 0 Å². The molecule has 0 aromatic carbocycles. The largest absolute Gasteiger partial charge is 0.342 e. The maximum atomic E-state index is 12.2. The lowest BCUT2D eigenvalue weighted by atomic mass is 9.96. The Morgan fingerprint density at radius 2 is 1.63 bits per heavy atom. The SMILES string of the molecule is CC1CCN(C(=O)C2CN(S(=O)(=O)C3CC3)C2)CC1. The van der Waals surface area contributed by atoms with E-state index in [4.69, 9.17) is 0 Å². The molecule has 0 atom stereocenters. The summed E-state index contributed by atoms with van der Waals surface area (Å²) in [6.45, 7) is 4.71. The van der Waals surface area contributed by atoms with Crippen LogP contribution in [0.15, 0.2) is 0 Å². The first-order chi connectivity index (χ1) is 8.98. The quantitative estimate of drug-likeness (QED) is 0.766. The first kappa shape index (κ1) is 13.4. The van der Waals surface area contributed by atoms with E-state index < -0.39 is 10.0 Å². The molecule has 1 amide bonds. The number of nitrogens with zero attached hydrogens (tertiary/aromatic N) is 2. The molecule has 3 fully saturated rings. The van der Waals surface area contributed by atoms with Gasteiger partial charge in [0.05, 0.1) is 11.2 Å². The summed E-state index contributed by atoms with van der Waals surface area (Å²) in [6.07, 6.45) is 3.73. The van der Waals surface area contributed by atoms with Gasteiger partial charge in [0.1, 0.15) is 0 Å². The minimum Gasteiger partial charge on any atom is -0.342 e. The van der Waals surface area contributed by atoms with Gasteiger partial charge >= 0.3 is 0 Å². The van der Waals surface area contributed by atoms with Crippen LogP contribution in [0.3, 0.4) is 0 Å². The van der Waals surface area contributed by atoms with Crippen molar-refractivity contribution in [2.75, 3.05) is 26.2 Å². The highest BCUT2D eigenvalue weighted by Crippen LogP contribution is 2.35. The number of likely N-dealkylation sites (tertiary alicyclic amines) is 1. The molecule has 1 aliphatic carbocycles. The van der Waals surface area contributed by atoms with E-state index in [2.05, 4.69) is 6.92 Å². The maximum absolute atomic E-state index is 12.2. The summed E-state index contributed by atoms with van der Waals surface area (Å²) in [4.78, 5) is 14.2. The second-order valence-electron chi connectivity index (χ2n) is 6.27. The smallest absolute Gasteiger partial charge is 0.228 e. The topological polar surface area (TPSA) is 57.7 Å². The predicted octanol–water partition coefficient (Wildman–Crippen LogP) is 0.669. The van der Waals surface area contributed by atoms with Gasteiger partial charge in [0, 0.05) is 26.2 Å². The van der Waals surface area contributed by atoms with Crippen LogP contribution in [0, 0.1) is 11.8 Å². The summed E-state index contributed by atoms with van der Waals surface area (Å²) >= 11 is 0. The minimum atomic E-state index is -3.07. The lowest BCUT2D eigenvalue weighted by Crippen LogP contribution is -2.57. The Bertz CT molecular complexity index is 458. The highest BCUT2D eigenvalue weighted by Gasteiger charge is 2.47. The molecule has 6 heteroatoms. The molecule has 1 saturated carbocycles. The third kappa shape index (κ3) is 2.52. The summed E-state index contributed by atoms with van der Waals surface area (Å²) in [5, 5.41) is -0.153. The molecule has 0 bridgehead atoms. The summed E-state index contributed by atoms with van der Waals surface area (Å²) in [5.74, 6) is 0.772. The van der Waals surface area contributed by atoms with E-state index in [0.29, 0.717) is 19.0 Å². The molecule has 2 aliphatic heterocycles. The molecule has 5 nitrogen and oxygen atoms in total. The Balaban J connectivity index is 1.51. The van der Waals surface area contributed by atoms with Gasteiger partial charge in [0.15, 0.2) is 0 Å². The van der Waals surface area contributed by atoms with Gasteiger partial charge in [0.25, 0.3) is 0 Å². The summed E-state index contributed by atoms with van der Waals surface area (Å²) in [6, 6.07) is 0. The fourth-order valence-corrected chi connectivity index (χ4v) is 4.79. The predicted molar refractivity (Wildman–Crippen MR) is 72.0 cm³/mol. The zero-order valence-electron chi connectivity index (χ0n) is 11.4. The summed E-state index contributed by atoms with van der Waals surface area (Å²) in [5.41, 5.74) is 0. The molecule has 19 heavy (non-hydrogen) atoms. The lowest BCUT2D eigenvalue weighted by molar-refractivity contribution is -0.140. The Hall–Kier alpha value is -0.620. The van der Waals surface area contributed by atoms with Crippen LogP contribution in [0.4, 0.5) is 0 Å². The average Bonchev–Trinajstić information content (AvgIpc) is 3.11. The van der Waals surface area contributed by atoms with Gasteiger partial charge in [-0.25, -0.2) is 8.42 Å². The number of piperidine rings is 1. The molecule has 0 unspecified atom stereocenters. The second kappa shape index (κ2) is 4.74. The summed E-state index contributed by atoms with van der Waals surface area (Å²) in [7, 11) is -3.07. The van der Waals surface area contributed by atoms with Gasteiger partial charge in [-0.1, -0.05) is 6.92 Å². The van der Waals surface area contributed by atoms with Crippen molar-refractivity contribution in [3.05, 3.63) is 0 Å². The molecule has 0 aromatic heterocycles. The Morgan fingerprint density at radius 1 is 1.05 bits per heavy atom. The molecular weight excluding hydrogens is 264 g/mol. The van der Waals surface area contributed by atoms with Gasteiger partial charge in [-0.15, -0.1) is 0 Å². The van der Waals surface area contributed by atoms with Crippen molar-refractivity contribution in [1.82, 2.24) is 9.21 Å². The molecule has 2 saturated heterocycles. The first-order valence-electron chi connectivity index (χ1n) is 7.26. The number of carbonyl (C=O) groups excluding carboxylic acids is 1. The third-order valence-corrected chi connectivity index (χ3v) is 6.93. The number of rotatable bonds is 3. The lowest BCUT2D eigenvalue weighted by Gasteiger charge is -2.41. The zero-order valence-corrected chi connectivity index (χ0v) is 12.2. The number of hydrogen-bond donors (Lipinski definition) is 0. The van der Waals surface area contributed by atoms with Crippen molar-refractivity contribution < 1.29 is 13.2 Å². The highest BCUT2D eigenvalue weighted by molar-refractivity contribution is 7.90. The monoisotopic (exact) mass is 286 g/mol. The van der Waals surface area contributed by atoms with Crippen molar-refractivity contribution >= 4 is 15.9 Å². The van der Waals surface area contributed by atoms with Crippen molar-refractivity contribution in [3.8, 4) is 0 Å². The van der Waals surface area contributed by atoms with Crippen LogP contribution in [-0.4, -0.2) is 55.0 Å². The number of hydrogen-bond acceptors (Lipinski definition) is 3. The van der Waals surface area contributed by atoms with Crippen LogP contribution >= 0.6 is 0 Å². The normalized spacial score (nSPS) is 27.3. The van der Waals surface area contributed by atoms with Crippen LogP contribution in [0.5, 0.6) is 0 Å². The first-order valence-corrected chi connectivity index (χ1v) is 8.76. The molecule has 3 rings (SSSR count). The van der Waals surface area contributed by atoms with Crippen molar-refractivity contribution in [2.24, 2.45) is 11.8 Å². The van der Waals surface area contributed by atoms with E-state index in [-0.39, 0.29) is 17.1 Å². The number of carbonyl (C=O) groups is 1. The van der Waals surface area contributed by atoms with Crippen molar-refractivity contribution in [3.63, 3.8) is 0 Å². The van der Waals surface area contributed by atoms with E-state index in [9.17, 15) is 13.2 Å². The Morgan fingerprint density at radius 3 is 2.16 bits per heavy atom. The molecule has 0 aromatic rings. The van der Waals surface area contributed by atoms with E-state index >= 15 is 0 Å². The molecule has 108 valence electrons. The fraction of sp³-hybridized carbons (Fsp3) is 0.923. The van der Waals surface area contributed by atoms with Crippen molar-refractivity contribution in [2.45, 2.75) is 37.9 Å². The van der Waals surface area contributed by atoms with Gasteiger partial charge in [0.2, 0.25) is 15.9 Å². The zero-order chi connectivity index (χ0) is 13.6. The van der Waals surface area contributed by atoms with E-state index in [1.807, 2.05) is 4.90 Å². The Kier molecular flexibility index (Phi) is 3.33. The summed E-state index contributed by atoms with van der Waals surface area (Å²) < 4.78 is 25.4. The van der Waals surface area contributed by atoms with Gasteiger partial charge in [-0.3, -0.25) is 4.79 Å².